The van der Waals surface area contributed by atoms with Gasteiger partial charge in [0, 0.05) is 30.9 Å². The normalized spacial score (nSPS) is 13.0. The summed E-state index contributed by atoms with van der Waals surface area (Å²) in [4.78, 5) is 14.7. The van der Waals surface area contributed by atoms with Crippen molar-refractivity contribution in [1.82, 2.24) is 14.9 Å². The lowest BCUT2D eigenvalue weighted by atomic mass is 10.1. The van der Waals surface area contributed by atoms with Crippen molar-refractivity contribution in [2.75, 3.05) is 32.3 Å². The molecule has 0 bridgehead atoms. The fourth-order valence-electron chi connectivity index (χ4n) is 3.21. The summed E-state index contributed by atoms with van der Waals surface area (Å²) in [6.07, 6.45) is 8.68. The van der Waals surface area contributed by atoms with E-state index in [2.05, 4.69) is 51.9 Å². The summed E-state index contributed by atoms with van der Waals surface area (Å²) in [7, 11) is 3.92. The number of unbranched alkanes of at least 4 members (excludes halogenated alkanes) is 3. The lowest BCUT2D eigenvalue weighted by Gasteiger charge is -2.30. The molecule has 0 N–H and O–H groups in total. The van der Waals surface area contributed by atoms with E-state index in [1.54, 1.807) is 31.3 Å². The van der Waals surface area contributed by atoms with Crippen LogP contribution in [0.3, 0.4) is 0 Å². The molecule has 0 unspecified atom stereocenters. The van der Waals surface area contributed by atoms with E-state index in [1.807, 2.05) is 0 Å². The maximum absolute atomic E-state index is 5.43. The minimum Gasteiger partial charge on any atom is -0.364 e. The van der Waals surface area contributed by atoms with Crippen molar-refractivity contribution in [1.29, 1.82) is 0 Å². The maximum atomic E-state index is 5.43. The Morgan fingerprint density at radius 1 is 1.15 bits per heavy atom. The zero-order valence-corrected chi connectivity index (χ0v) is 16.8. The topological polar surface area (TPSA) is 41.5 Å². The van der Waals surface area contributed by atoms with Gasteiger partial charge in [0.2, 0.25) is 0 Å². The van der Waals surface area contributed by atoms with Crippen LogP contribution in [0.4, 0.5) is 11.5 Å². The smallest absolute Gasteiger partial charge is 0.168 e. The second kappa shape index (κ2) is 9.35. The molecule has 0 spiro atoms. The van der Waals surface area contributed by atoms with E-state index in [9.17, 15) is 0 Å². The number of methoxy groups -OCH3 is 1. The first kappa shape index (κ1) is 19.1. The van der Waals surface area contributed by atoms with Crippen LogP contribution < -0.4 is 4.90 Å². The van der Waals surface area contributed by atoms with E-state index >= 15 is 0 Å². The molecular formula is C20H28N4OS. The maximum Gasteiger partial charge on any atom is 0.168 e. The van der Waals surface area contributed by atoms with Crippen LogP contribution in [0.5, 0.6) is 0 Å². The predicted octanol–water partition coefficient (Wildman–Crippen LogP) is 4.70. The average molecular weight is 373 g/mol. The lowest BCUT2D eigenvalue weighted by Crippen LogP contribution is -2.25. The number of benzene rings is 1. The van der Waals surface area contributed by atoms with Gasteiger partial charge in [-0.05, 0) is 37.7 Å². The van der Waals surface area contributed by atoms with E-state index in [0.29, 0.717) is 6.73 Å². The third kappa shape index (κ3) is 4.55. The predicted molar refractivity (Wildman–Crippen MR) is 107 cm³/mol. The Hall–Kier alpha value is -1.63. The van der Waals surface area contributed by atoms with Gasteiger partial charge in [-0.1, -0.05) is 44.0 Å². The van der Waals surface area contributed by atoms with Crippen LogP contribution in [0.1, 0.15) is 38.2 Å². The molecule has 6 heteroatoms. The number of nitrogens with zero attached hydrogens (tertiary/aromatic N) is 4. The largest absolute Gasteiger partial charge is 0.364 e. The van der Waals surface area contributed by atoms with Crippen LogP contribution in [0.15, 0.2) is 40.5 Å². The standard InChI is InChI=1S/C20H28N4OS/c1-4-5-6-7-12-23(2)14-16-8-9-18-17(13-16)24(15-25-3)19-20(26-18)22-11-10-21-19/h8-11,13H,4-7,12,14-15H2,1-3H3. The van der Waals surface area contributed by atoms with Gasteiger partial charge in [-0.2, -0.15) is 0 Å². The second-order valence-corrected chi connectivity index (χ2v) is 7.76. The summed E-state index contributed by atoms with van der Waals surface area (Å²) in [6, 6.07) is 6.68. The minimum absolute atomic E-state index is 0.468. The number of fused-ring (bicyclic) bond motifs is 2. The molecular weight excluding hydrogens is 344 g/mol. The first-order chi connectivity index (χ1) is 12.7. The molecule has 1 aromatic heterocycles. The van der Waals surface area contributed by atoms with Crippen LogP contribution in [0, 0.1) is 0 Å². The van der Waals surface area contributed by atoms with Gasteiger partial charge >= 0.3 is 0 Å². The molecule has 140 valence electrons. The van der Waals surface area contributed by atoms with Crippen molar-refractivity contribution in [2.24, 2.45) is 0 Å². The van der Waals surface area contributed by atoms with E-state index < -0.39 is 0 Å². The molecule has 0 saturated carbocycles. The lowest BCUT2D eigenvalue weighted by molar-refractivity contribution is 0.204. The molecule has 1 aliphatic rings. The van der Waals surface area contributed by atoms with Crippen LogP contribution in [0.2, 0.25) is 0 Å². The van der Waals surface area contributed by atoms with Gasteiger partial charge < -0.3 is 9.64 Å². The Bertz CT molecular complexity index is 725. The van der Waals surface area contributed by atoms with Crippen molar-refractivity contribution >= 4 is 23.3 Å². The molecule has 0 aliphatic carbocycles. The van der Waals surface area contributed by atoms with Gasteiger partial charge in [0.05, 0.1) is 5.69 Å². The monoisotopic (exact) mass is 372 g/mol. The van der Waals surface area contributed by atoms with Crippen LogP contribution >= 0.6 is 11.8 Å². The summed E-state index contributed by atoms with van der Waals surface area (Å²) in [5.74, 6) is 0.872. The number of ether oxygens (including phenoxy) is 1. The zero-order chi connectivity index (χ0) is 18.4. The molecule has 3 rings (SSSR count). The second-order valence-electron chi connectivity index (χ2n) is 6.73. The molecule has 1 aromatic carbocycles. The van der Waals surface area contributed by atoms with Gasteiger partial charge in [0.1, 0.15) is 11.8 Å². The Morgan fingerprint density at radius 2 is 2.00 bits per heavy atom. The van der Waals surface area contributed by atoms with Crippen molar-refractivity contribution in [2.45, 2.75) is 49.1 Å². The molecule has 5 nitrogen and oxygen atoms in total. The van der Waals surface area contributed by atoms with Gasteiger partial charge in [0.15, 0.2) is 5.82 Å². The van der Waals surface area contributed by atoms with Gasteiger partial charge in [-0.3, -0.25) is 4.90 Å². The molecule has 0 radical (unpaired) electrons. The number of anilines is 2. The average Bonchev–Trinajstić information content (AvgIpc) is 2.65. The summed E-state index contributed by atoms with van der Waals surface area (Å²) in [5, 5.41) is 0.929. The fraction of sp³-hybridized carbons (Fsp3) is 0.500. The molecule has 26 heavy (non-hydrogen) atoms. The van der Waals surface area contributed by atoms with E-state index in [0.717, 1.165) is 29.6 Å². The summed E-state index contributed by atoms with van der Waals surface area (Å²) >= 11 is 1.67. The summed E-state index contributed by atoms with van der Waals surface area (Å²) < 4.78 is 5.43. The van der Waals surface area contributed by atoms with Crippen molar-refractivity contribution in [3.8, 4) is 0 Å². The third-order valence-electron chi connectivity index (χ3n) is 4.53. The number of rotatable bonds is 9. The Morgan fingerprint density at radius 3 is 2.81 bits per heavy atom. The third-order valence-corrected chi connectivity index (χ3v) is 5.57. The highest BCUT2D eigenvalue weighted by Crippen LogP contribution is 2.46. The molecule has 2 aromatic rings. The van der Waals surface area contributed by atoms with Gasteiger partial charge in [-0.25, -0.2) is 9.97 Å². The summed E-state index contributed by atoms with van der Waals surface area (Å²) in [5.41, 5.74) is 2.47. The fourth-order valence-corrected chi connectivity index (χ4v) is 4.20. The van der Waals surface area contributed by atoms with Crippen molar-refractivity contribution in [3.63, 3.8) is 0 Å². The number of hydrogen-bond donors (Lipinski definition) is 0. The highest BCUT2D eigenvalue weighted by Gasteiger charge is 2.25. The van der Waals surface area contributed by atoms with Crippen LogP contribution in [-0.4, -0.2) is 42.3 Å². The molecule has 0 amide bonds. The molecule has 0 atom stereocenters. The summed E-state index contributed by atoms with van der Waals surface area (Å²) in [6.45, 7) is 4.82. The number of aromatic nitrogens is 2. The van der Waals surface area contributed by atoms with Gasteiger partial charge in [-0.15, -0.1) is 0 Å². The molecule has 1 aliphatic heterocycles. The highest BCUT2D eigenvalue weighted by molar-refractivity contribution is 7.99. The first-order valence-corrected chi connectivity index (χ1v) is 10.1. The Balaban J connectivity index is 1.74. The van der Waals surface area contributed by atoms with Crippen molar-refractivity contribution < 1.29 is 4.74 Å². The Labute approximate surface area is 160 Å². The number of hydrogen-bond acceptors (Lipinski definition) is 6. The van der Waals surface area contributed by atoms with Crippen molar-refractivity contribution in [3.05, 3.63) is 36.2 Å². The first-order valence-electron chi connectivity index (χ1n) is 9.29. The zero-order valence-electron chi connectivity index (χ0n) is 15.9. The van der Waals surface area contributed by atoms with Crippen LogP contribution in [-0.2, 0) is 11.3 Å². The molecule has 0 fully saturated rings. The van der Waals surface area contributed by atoms with Gasteiger partial charge in [0.25, 0.3) is 0 Å². The quantitative estimate of drug-likeness (QED) is 0.595. The SMILES string of the molecule is CCCCCCN(C)Cc1ccc2c(c1)N(COC)c1nccnc1S2. The molecule has 2 heterocycles. The Kier molecular flexibility index (Phi) is 6.88. The van der Waals surface area contributed by atoms with E-state index in [-0.39, 0.29) is 0 Å². The minimum atomic E-state index is 0.468. The van der Waals surface area contributed by atoms with E-state index in [4.69, 9.17) is 4.74 Å². The van der Waals surface area contributed by atoms with Crippen LogP contribution in [0.25, 0.3) is 0 Å². The molecule has 0 saturated heterocycles. The van der Waals surface area contributed by atoms with E-state index in [1.165, 1.54) is 36.1 Å². The highest BCUT2D eigenvalue weighted by atomic mass is 32.2.